The molecule has 0 aromatic rings. The van der Waals surface area contributed by atoms with Crippen molar-refractivity contribution in [2.45, 2.75) is 45.8 Å². The maximum atomic E-state index is 5.86. The molecule has 20 heavy (non-hydrogen) atoms. The Hall–Kier alpha value is -0.160. The Kier molecular flexibility index (Phi) is 6.75. The van der Waals surface area contributed by atoms with E-state index in [4.69, 9.17) is 4.74 Å². The second-order valence-corrected chi connectivity index (χ2v) is 6.76. The highest BCUT2D eigenvalue weighted by Gasteiger charge is 2.23. The Morgan fingerprint density at radius 3 is 2.55 bits per heavy atom. The molecule has 0 bridgehead atoms. The van der Waals surface area contributed by atoms with E-state index in [2.05, 4.69) is 35.9 Å². The fourth-order valence-electron chi connectivity index (χ4n) is 3.33. The van der Waals surface area contributed by atoms with Gasteiger partial charge in [-0.1, -0.05) is 20.8 Å². The number of nitrogens with one attached hydrogen (secondary N) is 1. The highest BCUT2D eigenvalue weighted by Crippen LogP contribution is 2.12. The monoisotopic (exact) mass is 283 g/mol. The minimum absolute atomic E-state index is 0.386. The highest BCUT2D eigenvalue weighted by atomic mass is 16.5. The third kappa shape index (κ3) is 5.32. The molecule has 2 rings (SSSR count). The summed E-state index contributed by atoms with van der Waals surface area (Å²) in [7, 11) is 0. The molecule has 0 aromatic heterocycles. The number of likely N-dealkylation sites (tertiary alicyclic amines) is 1. The second-order valence-electron chi connectivity index (χ2n) is 6.76. The maximum absolute atomic E-state index is 5.86. The number of likely N-dealkylation sites (N-methyl/N-ethyl adjacent to an activating group) is 1. The van der Waals surface area contributed by atoms with Crippen LogP contribution in [-0.4, -0.2) is 74.4 Å². The zero-order chi connectivity index (χ0) is 14.4. The summed E-state index contributed by atoms with van der Waals surface area (Å²) in [6, 6.07) is 0.694. The molecule has 0 radical (unpaired) electrons. The minimum atomic E-state index is 0.386. The first-order chi connectivity index (χ1) is 9.67. The summed E-state index contributed by atoms with van der Waals surface area (Å²) in [5.41, 5.74) is 0. The smallest absolute Gasteiger partial charge is 0.0826 e. The molecule has 1 N–H and O–H groups in total. The molecule has 0 spiro atoms. The molecule has 2 saturated heterocycles. The van der Waals surface area contributed by atoms with Crippen molar-refractivity contribution >= 4 is 0 Å². The van der Waals surface area contributed by atoms with Gasteiger partial charge >= 0.3 is 0 Å². The van der Waals surface area contributed by atoms with E-state index in [0.717, 1.165) is 38.7 Å². The number of hydrogen-bond donors (Lipinski definition) is 1. The average molecular weight is 283 g/mol. The Bertz CT molecular complexity index is 264. The number of piperidine rings is 1. The number of rotatable bonds is 6. The van der Waals surface area contributed by atoms with Crippen molar-refractivity contribution in [1.29, 1.82) is 0 Å². The lowest BCUT2D eigenvalue weighted by atomic mass is 10.0. The molecule has 4 heteroatoms. The largest absolute Gasteiger partial charge is 0.374 e. The van der Waals surface area contributed by atoms with Crippen LogP contribution in [0, 0.1) is 5.92 Å². The third-order valence-electron chi connectivity index (χ3n) is 4.52. The van der Waals surface area contributed by atoms with Crippen LogP contribution < -0.4 is 5.32 Å². The molecule has 0 saturated carbocycles. The van der Waals surface area contributed by atoms with E-state index >= 15 is 0 Å². The first kappa shape index (κ1) is 16.2. The predicted octanol–water partition coefficient (Wildman–Crippen LogP) is 1.42. The van der Waals surface area contributed by atoms with E-state index in [0.29, 0.717) is 12.1 Å². The van der Waals surface area contributed by atoms with Crippen LogP contribution in [0.2, 0.25) is 0 Å². The zero-order valence-corrected chi connectivity index (χ0v) is 13.6. The molecule has 2 fully saturated rings. The molecule has 0 amide bonds. The molecule has 2 heterocycles. The van der Waals surface area contributed by atoms with Gasteiger partial charge in [0.1, 0.15) is 0 Å². The number of nitrogens with zero attached hydrogens (tertiary/aromatic N) is 2. The van der Waals surface area contributed by atoms with Gasteiger partial charge in [0.2, 0.25) is 0 Å². The first-order valence-corrected chi connectivity index (χ1v) is 8.47. The van der Waals surface area contributed by atoms with Crippen LogP contribution in [0.4, 0.5) is 0 Å². The normalized spacial score (nSPS) is 27.3. The Labute approximate surface area is 124 Å². The number of morpholine rings is 1. The van der Waals surface area contributed by atoms with Gasteiger partial charge in [-0.3, -0.25) is 4.90 Å². The lowest BCUT2D eigenvalue weighted by molar-refractivity contribution is -0.0271. The third-order valence-corrected chi connectivity index (χ3v) is 4.52. The molecule has 1 unspecified atom stereocenters. The lowest BCUT2D eigenvalue weighted by Crippen LogP contribution is -2.50. The van der Waals surface area contributed by atoms with Crippen LogP contribution in [-0.2, 0) is 4.74 Å². The van der Waals surface area contributed by atoms with Crippen molar-refractivity contribution in [3.8, 4) is 0 Å². The summed E-state index contributed by atoms with van der Waals surface area (Å²) in [6.07, 6.45) is 2.96. The van der Waals surface area contributed by atoms with Gasteiger partial charge in [0.25, 0.3) is 0 Å². The van der Waals surface area contributed by atoms with Crippen molar-refractivity contribution in [3.63, 3.8) is 0 Å². The molecule has 4 nitrogen and oxygen atoms in total. The van der Waals surface area contributed by atoms with Gasteiger partial charge in [0.05, 0.1) is 12.7 Å². The second kappa shape index (κ2) is 8.32. The SMILES string of the molecule is CCN1CCOC(CNC2CCN(CC(C)C)CC2)C1. The van der Waals surface area contributed by atoms with Crippen molar-refractivity contribution in [2.75, 3.05) is 52.4 Å². The molecule has 2 aliphatic heterocycles. The molecule has 0 aliphatic carbocycles. The van der Waals surface area contributed by atoms with E-state index in [9.17, 15) is 0 Å². The molecule has 2 aliphatic rings. The fraction of sp³-hybridized carbons (Fsp3) is 1.00. The van der Waals surface area contributed by atoms with Gasteiger partial charge in [-0.15, -0.1) is 0 Å². The molecule has 1 atom stereocenters. The maximum Gasteiger partial charge on any atom is 0.0826 e. The van der Waals surface area contributed by atoms with Crippen molar-refractivity contribution in [3.05, 3.63) is 0 Å². The van der Waals surface area contributed by atoms with E-state index in [-0.39, 0.29) is 0 Å². The van der Waals surface area contributed by atoms with Gasteiger partial charge in [0.15, 0.2) is 0 Å². The van der Waals surface area contributed by atoms with Crippen LogP contribution in [0.15, 0.2) is 0 Å². The molecular formula is C16H33N3O. The van der Waals surface area contributed by atoms with E-state index in [1.165, 1.54) is 32.5 Å². The van der Waals surface area contributed by atoms with E-state index in [1.54, 1.807) is 0 Å². The summed E-state index contributed by atoms with van der Waals surface area (Å²) < 4.78 is 5.86. The summed E-state index contributed by atoms with van der Waals surface area (Å²) >= 11 is 0. The summed E-state index contributed by atoms with van der Waals surface area (Å²) in [5.74, 6) is 0.787. The summed E-state index contributed by atoms with van der Waals surface area (Å²) in [6.45, 7) is 15.9. The number of ether oxygens (including phenoxy) is 1. The van der Waals surface area contributed by atoms with E-state index in [1.807, 2.05) is 0 Å². The topological polar surface area (TPSA) is 27.7 Å². The molecule has 118 valence electrons. The van der Waals surface area contributed by atoms with Crippen LogP contribution in [0.25, 0.3) is 0 Å². The van der Waals surface area contributed by atoms with Gasteiger partial charge in [-0.05, 0) is 38.4 Å². The predicted molar refractivity (Wildman–Crippen MR) is 84.2 cm³/mol. The van der Waals surface area contributed by atoms with Gasteiger partial charge in [-0.2, -0.15) is 0 Å². The Morgan fingerprint density at radius 1 is 1.15 bits per heavy atom. The van der Waals surface area contributed by atoms with Gasteiger partial charge < -0.3 is 15.0 Å². The van der Waals surface area contributed by atoms with Crippen LogP contribution in [0.1, 0.15) is 33.6 Å². The molecule has 0 aromatic carbocycles. The van der Waals surface area contributed by atoms with Crippen molar-refractivity contribution in [2.24, 2.45) is 5.92 Å². The van der Waals surface area contributed by atoms with E-state index < -0.39 is 0 Å². The van der Waals surface area contributed by atoms with Crippen molar-refractivity contribution in [1.82, 2.24) is 15.1 Å². The molecular weight excluding hydrogens is 250 g/mol. The summed E-state index contributed by atoms with van der Waals surface area (Å²) in [4.78, 5) is 5.10. The van der Waals surface area contributed by atoms with Crippen LogP contribution in [0.3, 0.4) is 0 Å². The first-order valence-electron chi connectivity index (χ1n) is 8.47. The highest BCUT2D eigenvalue weighted by molar-refractivity contribution is 4.80. The minimum Gasteiger partial charge on any atom is -0.374 e. The summed E-state index contributed by atoms with van der Waals surface area (Å²) in [5, 5.41) is 3.73. The zero-order valence-electron chi connectivity index (χ0n) is 13.6. The standard InChI is InChI=1S/C16H33N3O/c1-4-18-9-10-20-16(13-18)11-17-15-5-7-19(8-6-15)12-14(2)3/h14-17H,4-13H2,1-3H3. The lowest BCUT2D eigenvalue weighted by Gasteiger charge is -2.36. The van der Waals surface area contributed by atoms with Crippen molar-refractivity contribution < 1.29 is 4.74 Å². The van der Waals surface area contributed by atoms with Crippen LogP contribution in [0.5, 0.6) is 0 Å². The number of hydrogen-bond acceptors (Lipinski definition) is 4. The van der Waals surface area contributed by atoms with Crippen LogP contribution >= 0.6 is 0 Å². The van der Waals surface area contributed by atoms with Gasteiger partial charge in [-0.25, -0.2) is 0 Å². The van der Waals surface area contributed by atoms with Gasteiger partial charge in [0, 0.05) is 32.2 Å². The Balaban J connectivity index is 1.61. The average Bonchev–Trinajstić information content (AvgIpc) is 2.46. The fourth-order valence-corrected chi connectivity index (χ4v) is 3.33. The Morgan fingerprint density at radius 2 is 1.90 bits per heavy atom. The quantitative estimate of drug-likeness (QED) is 0.798.